The standard InChI is InChI=1S/C20H34OP.HI/c1-4-7-15-22(16-8-5-2,17-9-6-3)18-20(21)19-13-11-10-12-14-19;/h10-14H,4-9,15-18H2,1-3H3;1H/q+1;/p-1. The third-order valence-corrected chi connectivity index (χ3v) is 9.29. The molecule has 1 rings (SSSR count). The molecule has 132 valence electrons. The van der Waals surface area contributed by atoms with Gasteiger partial charge < -0.3 is 24.0 Å². The molecule has 0 fully saturated rings. The van der Waals surface area contributed by atoms with Gasteiger partial charge in [-0.3, -0.25) is 4.79 Å². The molecule has 0 heterocycles. The van der Waals surface area contributed by atoms with Gasteiger partial charge in [-0.2, -0.15) is 0 Å². The molecule has 0 aromatic heterocycles. The molecule has 0 aliphatic heterocycles. The fourth-order valence-corrected chi connectivity index (χ4v) is 7.97. The minimum Gasteiger partial charge on any atom is -1.00 e. The lowest BCUT2D eigenvalue weighted by Gasteiger charge is -2.27. The van der Waals surface area contributed by atoms with Gasteiger partial charge in [0, 0.05) is 12.8 Å². The monoisotopic (exact) mass is 448 g/mol. The Labute approximate surface area is 161 Å². The summed E-state index contributed by atoms with van der Waals surface area (Å²) >= 11 is 0. The second-order valence-corrected chi connectivity index (χ2v) is 10.9. The Hall–Kier alpha value is 0.0500. The summed E-state index contributed by atoms with van der Waals surface area (Å²) in [5.74, 6) is 0.386. The molecule has 0 saturated heterocycles. The van der Waals surface area contributed by atoms with E-state index >= 15 is 0 Å². The summed E-state index contributed by atoms with van der Waals surface area (Å²) in [6, 6.07) is 9.92. The molecule has 0 bridgehead atoms. The molecule has 0 N–H and O–H groups in total. The van der Waals surface area contributed by atoms with Gasteiger partial charge in [-0.15, -0.1) is 0 Å². The molecule has 3 heteroatoms. The fraction of sp³-hybridized carbons (Fsp3) is 0.650. The van der Waals surface area contributed by atoms with E-state index in [9.17, 15) is 4.79 Å². The molecule has 0 unspecified atom stereocenters. The maximum Gasteiger partial charge on any atom is 0.199 e. The smallest absolute Gasteiger partial charge is 0.199 e. The zero-order valence-electron chi connectivity index (χ0n) is 15.2. The third-order valence-electron chi connectivity index (χ3n) is 4.53. The fourth-order valence-electron chi connectivity index (χ4n) is 3.07. The molecule has 0 atom stereocenters. The van der Waals surface area contributed by atoms with Crippen LogP contribution in [0.3, 0.4) is 0 Å². The number of hydrogen-bond donors (Lipinski definition) is 0. The minimum absolute atomic E-state index is 0. The van der Waals surface area contributed by atoms with Crippen molar-refractivity contribution in [2.45, 2.75) is 59.3 Å². The van der Waals surface area contributed by atoms with Gasteiger partial charge in [-0.05, 0) is 19.3 Å². The van der Waals surface area contributed by atoms with Crippen molar-refractivity contribution in [3.63, 3.8) is 0 Å². The van der Waals surface area contributed by atoms with E-state index in [-0.39, 0.29) is 24.0 Å². The predicted molar refractivity (Wildman–Crippen MR) is 102 cm³/mol. The van der Waals surface area contributed by atoms with Gasteiger partial charge >= 0.3 is 0 Å². The number of halogens is 1. The van der Waals surface area contributed by atoms with Crippen LogP contribution >= 0.6 is 7.26 Å². The van der Waals surface area contributed by atoms with Crippen molar-refractivity contribution in [2.24, 2.45) is 0 Å². The quantitative estimate of drug-likeness (QED) is 0.273. The van der Waals surface area contributed by atoms with Crippen LogP contribution in [0.4, 0.5) is 0 Å². The van der Waals surface area contributed by atoms with Gasteiger partial charge in [-0.1, -0.05) is 70.4 Å². The van der Waals surface area contributed by atoms with Crippen molar-refractivity contribution in [1.82, 2.24) is 0 Å². The van der Waals surface area contributed by atoms with E-state index in [1.165, 1.54) is 57.0 Å². The summed E-state index contributed by atoms with van der Waals surface area (Å²) in [5.41, 5.74) is 0.913. The lowest BCUT2D eigenvalue weighted by Crippen LogP contribution is -3.00. The van der Waals surface area contributed by atoms with Gasteiger partial charge in [0.25, 0.3) is 0 Å². The van der Waals surface area contributed by atoms with E-state index in [1.54, 1.807) is 0 Å². The van der Waals surface area contributed by atoms with Crippen molar-refractivity contribution in [2.75, 3.05) is 24.6 Å². The van der Waals surface area contributed by atoms with Crippen LogP contribution in [0.2, 0.25) is 0 Å². The molecule has 1 aromatic carbocycles. The molecule has 0 radical (unpaired) electrons. The van der Waals surface area contributed by atoms with Crippen LogP contribution < -0.4 is 24.0 Å². The summed E-state index contributed by atoms with van der Waals surface area (Å²) in [7, 11) is -1.12. The summed E-state index contributed by atoms with van der Waals surface area (Å²) in [6.07, 6.45) is 12.4. The van der Waals surface area contributed by atoms with Gasteiger partial charge in [0.15, 0.2) is 5.78 Å². The van der Waals surface area contributed by atoms with Crippen LogP contribution in [-0.2, 0) is 0 Å². The number of benzene rings is 1. The minimum atomic E-state index is -1.12. The maximum atomic E-state index is 12.8. The highest BCUT2D eigenvalue weighted by Gasteiger charge is 2.38. The number of ketones is 1. The molecular weight excluding hydrogens is 414 g/mol. The number of carbonyl (C=O) groups is 1. The summed E-state index contributed by atoms with van der Waals surface area (Å²) in [5, 5.41) is 0. The second-order valence-electron chi connectivity index (χ2n) is 6.52. The number of carbonyl (C=O) groups excluding carboxylic acids is 1. The van der Waals surface area contributed by atoms with Crippen LogP contribution in [0.15, 0.2) is 30.3 Å². The Balaban J connectivity index is 0.00000484. The van der Waals surface area contributed by atoms with Crippen molar-refractivity contribution >= 4 is 13.0 Å². The molecule has 1 aromatic rings. The second kappa shape index (κ2) is 13.4. The summed E-state index contributed by atoms with van der Waals surface area (Å²) < 4.78 is 0. The normalized spacial score (nSPS) is 11.1. The van der Waals surface area contributed by atoms with Crippen LogP contribution in [0.25, 0.3) is 0 Å². The highest BCUT2D eigenvalue weighted by Crippen LogP contribution is 2.60. The van der Waals surface area contributed by atoms with E-state index in [2.05, 4.69) is 20.8 Å². The van der Waals surface area contributed by atoms with E-state index < -0.39 is 7.26 Å². The third kappa shape index (κ3) is 8.63. The van der Waals surface area contributed by atoms with Crippen LogP contribution in [0.1, 0.15) is 69.7 Å². The predicted octanol–water partition coefficient (Wildman–Crippen LogP) is 3.29. The summed E-state index contributed by atoms with van der Waals surface area (Å²) in [4.78, 5) is 12.8. The van der Waals surface area contributed by atoms with Crippen molar-refractivity contribution in [1.29, 1.82) is 0 Å². The van der Waals surface area contributed by atoms with E-state index in [4.69, 9.17) is 0 Å². The molecule has 1 nitrogen and oxygen atoms in total. The molecule has 0 amide bonds. The Morgan fingerprint density at radius 1 is 0.826 bits per heavy atom. The topological polar surface area (TPSA) is 17.1 Å². The average Bonchev–Trinajstić information content (AvgIpc) is 2.56. The number of Topliss-reactive ketones (excluding diaryl/α,β-unsaturated/α-hetero) is 1. The van der Waals surface area contributed by atoms with E-state index in [0.29, 0.717) is 5.78 Å². The van der Waals surface area contributed by atoms with Gasteiger partial charge in [0.05, 0.1) is 18.5 Å². The lowest BCUT2D eigenvalue weighted by molar-refractivity contribution is -0.0000127. The van der Waals surface area contributed by atoms with Crippen LogP contribution in [0.5, 0.6) is 0 Å². The highest BCUT2D eigenvalue weighted by atomic mass is 127. The zero-order valence-corrected chi connectivity index (χ0v) is 18.2. The zero-order chi connectivity index (χ0) is 16.3. The summed E-state index contributed by atoms with van der Waals surface area (Å²) in [6.45, 7) is 6.81. The average molecular weight is 448 g/mol. The Kier molecular flexibility index (Phi) is 13.4. The first kappa shape index (κ1) is 23.1. The Morgan fingerprint density at radius 2 is 1.26 bits per heavy atom. The Bertz CT molecular complexity index is 397. The highest BCUT2D eigenvalue weighted by molar-refractivity contribution is 7.76. The van der Waals surface area contributed by atoms with E-state index in [1.807, 2.05) is 30.3 Å². The SMILES string of the molecule is CCCC[P+](CCCC)(CCCC)CC(=O)c1ccccc1.[I-]. The first-order chi connectivity index (χ1) is 10.7. The van der Waals surface area contributed by atoms with Crippen LogP contribution in [-0.4, -0.2) is 30.4 Å². The van der Waals surface area contributed by atoms with Crippen molar-refractivity contribution in [3.05, 3.63) is 35.9 Å². The van der Waals surface area contributed by atoms with Gasteiger partial charge in [0.1, 0.15) is 6.16 Å². The number of hydrogen-bond acceptors (Lipinski definition) is 1. The maximum absolute atomic E-state index is 12.8. The van der Waals surface area contributed by atoms with E-state index in [0.717, 1.165) is 11.7 Å². The number of unbranched alkanes of at least 4 members (excludes halogenated alkanes) is 3. The molecule has 0 saturated carbocycles. The number of rotatable bonds is 12. The lowest BCUT2D eigenvalue weighted by atomic mass is 10.2. The first-order valence-electron chi connectivity index (χ1n) is 9.10. The van der Waals surface area contributed by atoms with Crippen molar-refractivity contribution in [3.8, 4) is 0 Å². The molecule has 0 aliphatic rings. The molecule has 0 spiro atoms. The van der Waals surface area contributed by atoms with Crippen LogP contribution in [0, 0.1) is 0 Å². The molecular formula is C20H34IOP. The van der Waals surface area contributed by atoms with Gasteiger partial charge in [0.2, 0.25) is 0 Å². The molecule has 23 heavy (non-hydrogen) atoms. The first-order valence-corrected chi connectivity index (χ1v) is 11.6. The van der Waals surface area contributed by atoms with Gasteiger partial charge in [-0.25, -0.2) is 0 Å². The van der Waals surface area contributed by atoms with Crippen molar-refractivity contribution < 1.29 is 28.8 Å². The molecule has 0 aliphatic carbocycles. The Morgan fingerprint density at radius 3 is 1.65 bits per heavy atom. The largest absolute Gasteiger partial charge is 1.00 e.